The van der Waals surface area contributed by atoms with Crippen molar-refractivity contribution in [1.29, 1.82) is 0 Å². The molecule has 0 radical (unpaired) electrons. The van der Waals surface area contributed by atoms with Crippen molar-refractivity contribution in [3.63, 3.8) is 0 Å². The quantitative estimate of drug-likeness (QED) is 0.546. The first kappa shape index (κ1) is 16.7. The van der Waals surface area contributed by atoms with Crippen molar-refractivity contribution in [2.75, 3.05) is 0 Å². The van der Waals surface area contributed by atoms with Crippen molar-refractivity contribution in [3.05, 3.63) is 63.7 Å². The number of H-pyrrole nitrogens is 1. The van der Waals surface area contributed by atoms with Crippen molar-refractivity contribution in [3.8, 4) is 5.69 Å². The van der Waals surface area contributed by atoms with Crippen LogP contribution in [-0.4, -0.2) is 36.2 Å². The second kappa shape index (κ2) is 6.12. The molecule has 3 aromatic heterocycles. The number of aromatic nitrogens is 5. The number of aromatic amines is 1. The van der Waals surface area contributed by atoms with Crippen molar-refractivity contribution in [2.45, 2.75) is 43.8 Å². The van der Waals surface area contributed by atoms with Crippen LogP contribution in [0, 0.1) is 0 Å². The summed E-state index contributed by atoms with van der Waals surface area (Å²) in [5, 5.41) is 4.57. The van der Waals surface area contributed by atoms with E-state index >= 15 is 0 Å². The number of para-hydroxylation sites is 1. The number of rotatable bonds is 2. The maximum absolute atomic E-state index is 12.9. The lowest BCUT2D eigenvalue weighted by Crippen LogP contribution is -2.39. The summed E-state index contributed by atoms with van der Waals surface area (Å²) < 4.78 is 3.56. The Morgan fingerprint density at radius 2 is 1.83 bits per heavy atom. The number of hydrogen-bond donors (Lipinski definition) is 2. The van der Waals surface area contributed by atoms with E-state index < -0.39 is 11.2 Å². The highest BCUT2D eigenvalue weighted by Gasteiger charge is 2.35. The van der Waals surface area contributed by atoms with Crippen LogP contribution in [0.1, 0.15) is 31.7 Å². The summed E-state index contributed by atoms with van der Waals surface area (Å²) in [5.74, 6) is 0. The highest BCUT2D eigenvalue weighted by atomic mass is 16.2. The van der Waals surface area contributed by atoms with Gasteiger partial charge in [0.15, 0.2) is 11.2 Å². The third kappa shape index (κ3) is 2.56. The molecule has 5 heterocycles. The fourth-order valence-electron chi connectivity index (χ4n) is 4.99. The maximum atomic E-state index is 12.9. The minimum absolute atomic E-state index is 0.208. The van der Waals surface area contributed by atoms with Crippen LogP contribution in [-0.2, 0) is 0 Å². The Labute approximate surface area is 165 Å². The van der Waals surface area contributed by atoms with E-state index in [9.17, 15) is 9.59 Å². The molecule has 2 bridgehead atoms. The molecule has 2 aliphatic rings. The van der Waals surface area contributed by atoms with Crippen molar-refractivity contribution < 1.29 is 0 Å². The zero-order valence-corrected chi connectivity index (χ0v) is 15.7. The third-order valence-electron chi connectivity index (χ3n) is 6.29. The standard InChI is InChI=1S/C21H20N6O2/c28-19-18-20(26(11-23-18)15-8-13-5-6-14(9-15)24-13)27(21(29)25-19)16-7-12-3-1-2-4-17(12)22-10-16/h1-4,7,10-11,13-15,24H,5-6,8-9H2,(H,25,28,29). The Morgan fingerprint density at radius 3 is 2.66 bits per heavy atom. The van der Waals surface area contributed by atoms with Crippen LogP contribution >= 0.6 is 0 Å². The smallest absolute Gasteiger partial charge is 0.313 e. The molecule has 4 aromatic rings. The molecular formula is C21H20N6O2. The molecule has 146 valence electrons. The maximum Gasteiger partial charge on any atom is 0.334 e. The van der Waals surface area contributed by atoms with Crippen LogP contribution in [0.15, 0.2) is 52.4 Å². The van der Waals surface area contributed by atoms with Gasteiger partial charge in [0.05, 0.1) is 23.7 Å². The van der Waals surface area contributed by atoms with Gasteiger partial charge in [-0.05, 0) is 37.8 Å². The van der Waals surface area contributed by atoms with Gasteiger partial charge >= 0.3 is 5.69 Å². The second-order valence-electron chi connectivity index (χ2n) is 8.07. The van der Waals surface area contributed by atoms with Gasteiger partial charge in [0.2, 0.25) is 0 Å². The summed E-state index contributed by atoms with van der Waals surface area (Å²) in [6, 6.07) is 10.9. The summed E-state index contributed by atoms with van der Waals surface area (Å²) in [4.78, 5) is 36.6. The fourth-order valence-corrected chi connectivity index (χ4v) is 4.99. The topological polar surface area (TPSA) is 97.6 Å². The van der Waals surface area contributed by atoms with Crippen LogP contribution in [0.5, 0.6) is 0 Å². The number of imidazole rings is 1. The van der Waals surface area contributed by atoms with Gasteiger partial charge < -0.3 is 9.88 Å². The highest BCUT2D eigenvalue weighted by Crippen LogP contribution is 2.35. The Bertz CT molecular complexity index is 1360. The van der Waals surface area contributed by atoms with Crippen LogP contribution in [0.25, 0.3) is 27.8 Å². The summed E-state index contributed by atoms with van der Waals surface area (Å²) in [7, 11) is 0. The number of nitrogens with zero attached hydrogens (tertiary/aromatic N) is 4. The number of nitrogens with one attached hydrogen (secondary N) is 2. The van der Waals surface area contributed by atoms with Gasteiger partial charge in [-0.2, -0.15) is 0 Å². The number of pyridine rings is 1. The van der Waals surface area contributed by atoms with Gasteiger partial charge in [0.1, 0.15) is 0 Å². The zero-order valence-electron chi connectivity index (χ0n) is 15.7. The lowest BCUT2D eigenvalue weighted by molar-refractivity contribution is 0.302. The predicted molar refractivity (Wildman–Crippen MR) is 109 cm³/mol. The van der Waals surface area contributed by atoms with E-state index in [-0.39, 0.29) is 11.6 Å². The van der Waals surface area contributed by atoms with Crippen molar-refractivity contribution in [2.24, 2.45) is 0 Å². The highest BCUT2D eigenvalue weighted by molar-refractivity contribution is 5.81. The summed E-state index contributed by atoms with van der Waals surface area (Å²) in [5.41, 5.74) is 1.37. The molecule has 6 rings (SSSR count). The Balaban J connectivity index is 1.60. The van der Waals surface area contributed by atoms with Gasteiger partial charge in [-0.1, -0.05) is 18.2 Å². The van der Waals surface area contributed by atoms with E-state index in [1.54, 1.807) is 12.5 Å². The summed E-state index contributed by atoms with van der Waals surface area (Å²) in [6.07, 6.45) is 7.67. The average molecular weight is 388 g/mol. The Hall–Kier alpha value is -3.26. The van der Waals surface area contributed by atoms with E-state index in [4.69, 9.17) is 0 Å². The van der Waals surface area contributed by atoms with Gasteiger partial charge in [-0.25, -0.2) is 14.3 Å². The van der Waals surface area contributed by atoms with E-state index in [1.165, 1.54) is 17.4 Å². The molecular weight excluding hydrogens is 368 g/mol. The molecule has 0 saturated carbocycles. The molecule has 2 fully saturated rings. The molecule has 0 spiro atoms. The number of fused-ring (bicyclic) bond motifs is 4. The SMILES string of the molecule is O=c1[nH]c(=O)n(-c2cnc3ccccc3c2)c2c1ncn2C1CC2CCC(C1)N2. The molecule has 2 aliphatic heterocycles. The third-order valence-corrected chi connectivity index (χ3v) is 6.29. The molecule has 0 amide bonds. The van der Waals surface area contributed by atoms with E-state index in [0.717, 1.165) is 23.7 Å². The molecule has 0 aliphatic carbocycles. The van der Waals surface area contributed by atoms with Crippen LogP contribution < -0.4 is 16.6 Å². The fraction of sp³-hybridized carbons (Fsp3) is 0.333. The summed E-state index contributed by atoms with van der Waals surface area (Å²) in [6.45, 7) is 0. The van der Waals surface area contributed by atoms with Gasteiger partial charge in [0.25, 0.3) is 5.56 Å². The molecule has 8 heteroatoms. The second-order valence-corrected chi connectivity index (χ2v) is 8.07. The van der Waals surface area contributed by atoms with Crippen LogP contribution in [0.3, 0.4) is 0 Å². The normalized spacial score (nSPS) is 23.8. The lowest BCUT2D eigenvalue weighted by atomic mass is 10.00. The molecule has 2 N–H and O–H groups in total. The van der Waals surface area contributed by atoms with Gasteiger partial charge in [-0.3, -0.25) is 14.8 Å². The predicted octanol–water partition coefficient (Wildman–Crippen LogP) is 1.88. The van der Waals surface area contributed by atoms with Gasteiger partial charge in [0, 0.05) is 23.5 Å². The molecule has 8 nitrogen and oxygen atoms in total. The van der Waals surface area contributed by atoms with Gasteiger partial charge in [-0.15, -0.1) is 0 Å². The minimum atomic E-state index is -0.474. The Kier molecular flexibility index (Phi) is 3.52. The number of benzene rings is 1. The lowest BCUT2D eigenvalue weighted by Gasteiger charge is -2.30. The molecule has 2 unspecified atom stereocenters. The van der Waals surface area contributed by atoms with Crippen molar-refractivity contribution in [1.82, 2.24) is 29.4 Å². The first-order chi connectivity index (χ1) is 14.2. The number of piperidine rings is 1. The number of hydrogen-bond acceptors (Lipinski definition) is 5. The van der Waals surface area contributed by atoms with E-state index in [2.05, 4.69) is 20.3 Å². The molecule has 29 heavy (non-hydrogen) atoms. The van der Waals surface area contributed by atoms with E-state index in [0.29, 0.717) is 23.4 Å². The first-order valence-electron chi connectivity index (χ1n) is 10.0. The largest absolute Gasteiger partial charge is 0.334 e. The average Bonchev–Trinajstić information content (AvgIpc) is 3.31. The van der Waals surface area contributed by atoms with E-state index in [1.807, 2.05) is 34.9 Å². The Morgan fingerprint density at radius 1 is 1.03 bits per heavy atom. The zero-order chi connectivity index (χ0) is 19.5. The van der Waals surface area contributed by atoms with Crippen molar-refractivity contribution >= 4 is 22.1 Å². The monoisotopic (exact) mass is 388 g/mol. The van der Waals surface area contributed by atoms with Crippen LogP contribution in [0.4, 0.5) is 0 Å². The molecule has 2 atom stereocenters. The van der Waals surface area contributed by atoms with Crippen LogP contribution in [0.2, 0.25) is 0 Å². The summed E-state index contributed by atoms with van der Waals surface area (Å²) >= 11 is 0. The minimum Gasteiger partial charge on any atom is -0.313 e. The molecule has 2 saturated heterocycles. The molecule has 1 aromatic carbocycles. The first-order valence-corrected chi connectivity index (χ1v) is 10.0.